The van der Waals surface area contributed by atoms with Crippen molar-refractivity contribution in [1.29, 1.82) is 0 Å². The molecule has 106 valence electrons. The van der Waals surface area contributed by atoms with Crippen molar-refractivity contribution in [3.63, 3.8) is 0 Å². The van der Waals surface area contributed by atoms with Crippen molar-refractivity contribution in [3.05, 3.63) is 11.9 Å². The van der Waals surface area contributed by atoms with E-state index in [4.69, 9.17) is 0 Å². The van der Waals surface area contributed by atoms with Gasteiger partial charge in [-0.3, -0.25) is 9.58 Å². The fraction of sp³-hybridized carbons (Fsp3) is 0.857. The minimum atomic E-state index is 0.239. The first-order valence-corrected chi connectivity index (χ1v) is 7.44. The van der Waals surface area contributed by atoms with E-state index in [1.165, 1.54) is 12.8 Å². The average molecular weight is 263 g/mol. The lowest BCUT2D eigenvalue weighted by Crippen LogP contribution is -2.63. The van der Waals surface area contributed by atoms with E-state index >= 15 is 0 Å². The summed E-state index contributed by atoms with van der Waals surface area (Å²) in [5, 5.41) is 12.1. The number of nitrogens with one attached hydrogen (secondary N) is 1. The van der Waals surface area contributed by atoms with Gasteiger partial charge in [0.1, 0.15) is 0 Å². The molecule has 1 aromatic rings. The van der Waals surface area contributed by atoms with Crippen LogP contribution >= 0.6 is 0 Å². The molecule has 5 heteroatoms. The van der Waals surface area contributed by atoms with Gasteiger partial charge in [-0.25, -0.2) is 0 Å². The van der Waals surface area contributed by atoms with E-state index in [-0.39, 0.29) is 5.54 Å². The maximum absolute atomic E-state index is 4.25. The lowest BCUT2D eigenvalue weighted by molar-refractivity contribution is 0.0358. The third-order valence-electron chi connectivity index (χ3n) is 4.88. The first kappa shape index (κ1) is 13.1. The molecule has 2 heterocycles. The summed E-state index contributed by atoms with van der Waals surface area (Å²) in [5.41, 5.74) is 1.32. The number of hydrogen-bond acceptors (Lipinski definition) is 4. The lowest BCUT2D eigenvalue weighted by atomic mass is 9.91. The van der Waals surface area contributed by atoms with Crippen molar-refractivity contribution in [3.8, 4) is 0 Å². The van der Waals surface area contributed by atoms with Gasteiger partial charge in [-0.1, -0.05) is 12.1 Å². The molecule has 0 amide bonds. The van der Waals surface area contributed by atoms with Gasteiger partial charge in [0.15, 0.2) is 0 Å². The van der Waals surface area contributed by atoms with E-state index in [0.717, 1.165) is 37.7 Å². The molecule has 2 unspecified atom stereocenters. The molecule has 0 aromatic carbocycles. The molecule has 2 aliphatic rings. The minimum absolute atomic E-state index is 0.239. The first-order valence-electron chi connectivity index (χ1n) is 7.44. The molecule has 1 aliphatic heterocycles. The molecule has 3 rings (SSSR count). The fourth-order valence-corrected chi connectivity index (χ4v) is 3.07. The summed E-state index contributed by atoms with van der Waals surface area (Å²) in [6.45, 7) is 7.79. The van der Waals surface area contributed by atoms with Crippen LogP contribution in [-0.4, -0.2) is 44.6 Å². The van der Waals surface area contributed by atoms with Crippen molar-refractivity contribution in [2.24, 2.45) is 13.0 Å². The SMILES string of the molecule is CCC1(C)CNC(C2CC2)CN1Cc1cn(C)nn1. The van der Waals surface area contributed by atoms with Crippen molar-refractivity contribution >= 4 is 0 Å². The summed E-state index contributed by atoms with van der Waals surface area (Å²) in [4.78, 5) is 2.61. The van der Waals surface area contributed by atoms with Gasteiger partial charge in [0.25, 0.3) is 0 Å². The Bertz CT molecular complexity index is 439. The summed E-state index contributed by atoms with van der Waals surface area (Å²) in [6, 6.07) is 0.677. The Kier molecular flexibility index (Phi) is 3.35. The van der Waals surface area contributed by atoms with Crippen LogP contribution in [0.4, 0.5) is 0 Å². The van der Waals surface area contributed by atoms with Gasteiger partial charge >= 0.3 is 0 Å². The second kappa shape index (κ2) is 4.87. The molecule has 1 N–H and O–H groups in total. The van der Waals surface area contributed by atoms with E-state index in [1.54, 1.807) is 4.68 Å². The average Bonchev–Trinajstić information content (AvgIpc) is 3.16. The summed E-state index contributed by atoms with van der Waals surface area (Å²) < 4.78 is 1.79. The number of hydrogen-bond donors (Lipinski definition) is 1. The van der Waals surface area contributed by atoms with Crippen LogP contribution in [0.25, 0.3) is 0 Å². The number of rotatable bonds is 4. The molecule has 1 aliphatic carbocycles. The highest BCUT2D eigenvalue weighted by Gasteiger charge is 2.41. The monoisotopic (exact) mass is 263 g/mol. The number of aryl methyl sites for hydroxylation is 1. The van der Waals surface area contributed by atoms with E-state index in [2.05, 4.69) is 34.4 Å². The zero-order chi connectivity index (χ0) is 13.5. The second-order valence-corrected chi connectivity index (χ2v) is 6.44. The summed E-state index contributed by atoms with van der Waals surface area (Å²) in [6.07, 6.45) is 6.00. The Morgan fingerprint density at radius 1 is 1.47 bits per heavy atom. The van der Waals surface area contributed by atoms with Gasteiger partial charge in [-0.2, -0.15) is 0 Å². The summed E-state index contributed by atoms with van der Waals surface area (Å²) in [5.74, 6) is 0.908. The van der Waals surface area contributed by atoms with E-state index < -0.39 is 0 Å². The zero-order valence-corrected chi connectivity index (χ0v) is 12.3. The fourth-order valence-electron chi connectivity index (χ4n) is 3.07. The van der Waals surface area contributed by atoms with Crippen LogP contribution in [0.1, 0.15) is 38.8 Å². The van der Waals surface area contributed by atoms with Crippen LogP contribution < -0.4 is 5.32 Å². The summed E-state index contributed by atoms with van der Waals surface area (Å²) in [7, 11) is 1.93. The highest BCUT2D eigenvalue weighted by atomic mass is 15.4. The van der Waals surface area contributed by atoms with Gasteiger partial charge in [0.2, 0.25) is 0 Å². The smallest absolute Gasteiger partial charge is 0.0967 e. The quantitative estimate of drug-likeness (QED) is 0.886. The third kappa shape index (κ3) is 2.67. The van der Waals surface area contributed by atoms with Crippen LogP contribution in [0.5, 0.6) is 0 Å². The van der Waals surface area contributed by atoms with Crippen molar-refractivity contribution in [1.82, 2.24) is 25.2 Å². The van der Waals surface area contributed by atoms with Crippen LogP contribution in [0.2, 0.25) is 0 Å². The Labute approximate surface area is 115 Å². The molecule has 0 spiro atoms. The number of aromatic nitrogens is 3. The maximum Gasteiger partial charge on any atom is 0.0967 e. The molecule has 1 aromatic heterocycles. The largest absolute Gasteiger partial charge is 0.311 e. The van der Waals surface area contributed by atoms with Gasteiger partial charge in [0, 0.05) is 44.5 Å². The molecule has 1 saturated carbocycles. The predicted octanol–water partition coefficient (Wildman–Crippen LogP) is 1.17. The minimum Gasteiger partial charge on any atom is -0.311 e. The van der Waals surface area contributed by atoms with Crippen molar-refractivity contribution in [2.45, 2.75) is 51.2 Å². The first-order chi connectivity index (χ1) is 9.10. The standard InChI is InChI=1S/C14H25N5/c1-4-14(2)10-15-13(11-5-6-11)9-19(14)8-12-7-18(3)17-16-12/h7,11,13,15H,4-6,8-10H2,1-3H3. The number of nitrogens with zero attached hydrogens (tertiary/aromatic N) is 4. The zero-order valence-electron chi connectivity index (χ0n) is 12.3. The Morgan fingerprint density at radius 2 is 2.26 bits per heavy atom. The van der Waals surface area contributed by atoms with Crippen molar-refractivity contribution < 1.29 is 0 Å². The summed E-state index contributed by atoms with van der Waals surface area (Å²) >= 11 is 0. The van der Waals surface area contributed by atoms with Crippen LogP contribution in [0.3, 0.4) is 0 Å². The van der Waals surface area contributed by atoms with Gasteiger partial charge in [-0.05, 0) is 32.1 Å². The van der Waals surface area contributed by atoms with Gasteiger partial charge in [-0.15, -0.1) is 5.10 Å². The van der Waals surface area contributed by atoms with E-state index in [0.29, 0.717) is 6.04 Å². The van der Waals surface area contributed by atoms with Crippen LogP contribution in [0.15, 0.2) is 6.20 Å². The predicted molar refractivity (Wildman–Crippen MR) is 74.6 cm³/mol. The molecular formula is C14H25N5. The molecule has 0 radical (unpaired) electrons. The van der Waals surface area contributed by atoms with Gasteiger partial charge < -0.3 is 5.32 Å². The third-order valence-corrected chi connectivity index (χ3v) is 4.88. The molecule has 0 bridgehead atoms. The molecule has 2 atom stereocenters. The van der Waals surface area contributed by atoms with E-state index in [9.17, 15) is 0 Å². The Balaban J connectivity index is 1.72. The van der Waals surface area contributed by atoms with Crippen LogP contribution in [0, 0.1) is 5.92 Å². The topological polar surface area (TPSA) is 46.0 Å². The molecular weight excluding hydrogens is 238 g/mol. The normalized spacial score (nSPS) is 32.7. The van der Waals surface area contributed by atoms with Crippen LogP contribution in [-0.2, 0) is 13.6 Å². The Hall–Kier alpha value is -0.940. The lowest BCUT2D eigenvalue weighted by Gasteiger charge is -2.48. The molecule has 19 heavy (non-hydrogen) atoms. The highest BCUT2D eigenvalue weighted by molar-refractivity contribution is 5.03. The number of piperazine rings is 1. The highest BCUT2D eigenvalue weighted by Crippen LogP contribution is 2.36. The molecule has 5 nitrogen and oxygen atoms in total. The van der Waals surface area contributed by atoms with E-state index in [1.807, 2.05) is 13.2 Å². The molecule has 2 fully saturated rings. The van der Waals surface area contributed by atoms with Gasteiger partial charge in [0.05, 0.1) is 5.69 Å². The maximum atomic E-state index is 4.25. The van der Waals surface area contributed by atoms with Crippen molar-refractivity contribution in [2.75, 3.05) is 13.1 Å². The molecule has 1 saturated heterocycles. The Morgan fingerprint density at radius 3 is 2.84 bits per heavy atom. The second-order valence-electron chi connectivity index (χ2n) is 6.44.